The molecule has 3 unspecified atom stereocenters. The molecule has 1 aromatic carbocycles. The summed E-state index contributed by atoms with van der Waals surface area (Å²) in [4.78, 5) is 2.28. The molecule has 0 bridgehead atoms. The number of ether oxygens (including phenoxy) is 4. The maximum Gasteiger partial charge on any atom is 0.202 e. The molecule has 3 heterocycles. The highest BCUT2D eigenvalue weighted by Gasteiger charge is 2.32. The van der Waals surface area contributed by atoms with Gasteiger partial charge in [-0.15, -0.1) is 0 Å². The van der Waals surface area contributed by atoms with Crippen LogP contribution >= 0.6 is 0 Å². The van der Waals surface area contributed by atoms with Crippen molar-refractivity contribution in [1.29, 1.82) is 0 Å². The summed E-state index contributed by atoms with van der Waals surface area (Å²) in [7, 11) is 0. The van der Waals surface area contributed by atoms with Gasteiger partial charge in [0.25, 0.3) is 0 Å². The molecule has 0 radical (unpaired) electrons. The van der Waals surface area contributed by atoms with Gasteiger partial charge in [-0.25, -0.2) is 0 Å². The van der Waals surface area contributed by atoms with E-state index in [1.807, 2.05) is 12.1 Å². The highest BCUT2D eigenvalue weighted by molar-refractivity contribution is 5.50. The van der Waals surface area contributed by atoms with Crippen LogP contribution in [0.4, 0.5) is 5.69 Å². The Balaban J connectivity index is 1.43. The third-order valence-corrected chi connectivity index (χ3v) is 3.92. The monoisotopic (exact) mass is 277 g/mol. The number of nitrogens with zero attached hydrogens (tertiary/aromatic N) is 1. The second kappa shape index (κ2) is 5.24. The number of hydrogen-bond donors (Lipinski definition) is 0. The molecule has 108 valence electrons. The Kier molecular flexibility index (Phi) is 3.26. The van der Waals surface area contributed by atoms with Crippen LogP contribution in [0.3, 0.4) is 0 Å². The van der Waals surface area contributed by atoms with E-state index in [1.165, 1.54) is 0 Å². The van der Waals surface area contributed by atoms with Crippen LogP contribution in [0.15, 0.2) is 24.3 Å². The fourth-order valence-electron chi connectivity index (χ4n) is 2.43. The zero-order chi connectivity index (χ0) is 13.4. The molecule has 5 heteroatoms. The van der Waals surface area contributed by atoms with Crippen LogP contribution in [-0.2, 0) is 14.2 Å². The van der Waals surface area contributed by atoms with Gasteiger partial charge in [0.2, 0.25) is 6.29 Å². The first-order chi connectivity index (χ1) is 9.88. The minimum atomic E-state index is -0.0632. The average molecular weight is 277 g/mol. The highest BCUT2D eigenvalue weighted by atomic mass is 16.7. The Bertz CT molecular complexity index is 451. The van der Waals surface area contributed by atoms with Crippen molar-refractivity contribution in [3.05, 3.63) is 24.3 Å². The van der Waals surface area contributed by atoms with Crippen LogP contribution in [0.25, 0.3) is 0 Å². The van der Waals surface area contributed by atoms with Gasteiger partial charge >= 0.3 is 0 Å². The lowest BCUT2D eigenvalue weighted by Crippen LogP contribution is -2.46. The largest absolute Gasteiger partial charge is 0.465 e. The molecule has 3 aliphatic rings. The molecular weight excluding hydrogens is 258 g/mol. The predicted molar refractivity (Wildman–Crippen MR) is 72.9 cm³/mol. The molecule has 3 fully saturated rings. The van der Waals surface area contributed by atoms with E-state index in [2.05, 4.69) is 17.0 Å². The molecule has 0 amide bonds. The van der Waals surface area contributed by atoms with Gasteiger partial charge < -0.3 is 23.8 Å². The smallest absolute Gasteiger partial charge is 0.202 e. The Morgan fingerprint density at radius 1 is 1.05 bits per heavy atom. The summed E-state index contributed by atoms with van der Waals surface area (Å²) in [6.45, 7) is 3.42. The molecule has 0 N–H and O–H groups in total. The Morgan fingerprint density at radius 2 is 1.75 bits per heavy atom. The third kappa shape index (κ3) is 2.61. The molecule has 4 rings (SSSR count). The van der Waals surface area contributed by atoms with Gasteiger partial charge in [-0.3, -0.25) is 0 Å². The van der Waals surface area contributed by atoms with E-state index in [0.717, 1.165) is 50.6 Å². The van der Waals surface area contributed by atoms with Crippen LogP contribution in [-0.4, -0.2) is 45.0 Å². The third-order valence-electron chi connectivity index (χ3n) is 3.92. The molecule has 3 atom stereocenters. The van der Waals surface area contributed by atoms with E-state index in [9.17, 15) is 0 Å². The first-order valence-corrected chi connectivity index (χ1v) is 7.27. The SMILES string of the molecule is c1cc(N(CC2CO2)C2CCO2)ccc1OC1CCO1. The number of rotatable bonds is 6. The van der Waals surface area contributed by atoms with Crippen LogP contribution in [0.5, 0.6) is 5.75 Å². The number of hydrogen-bond acceptors (Lipinski definition) is 5. The van der Waals surface area contributed by atoms with Crippen LogP contribution in [0.1, 0.15) is 12.8 Å². The lowest BCUT2D eigenvalue weighted by atomic mass is 10.2. The van der Waals surface area contributed by atoms with Crippen molar-refractivity contribution in [2.45, 2.75) is 31.5 Å². The van der Waals surface area contributed by atoms with Gasteiger partial charge in [0.05, 0.1) is 25.9 Å². The molecule has 0 aromatic heterocycles. The van der Waals surface area contributed by atoms with Gasteiger partial charge in [-0.2, -0.15) is 0 Å². The zero-order valence-electron chi connectivity index (χ0n) is 11.4. The summed E-state index contributed by atoms with van der Waals surface area (Å²) in [6.07, 6.45) is 2.55. The maximum atomic E-state index is 5.68. The maximum absolute atomic E-state index is 5.68. The van der Waals surface area contributed by atoms with Crippen molar-refractivity contribution in [1.82, 2.24) is 0 Å². The normalized spacial score (nSPS) is 31.1. The summed E-state index contributed by atoms with van der Waals surface area (Å²) in [5.41, 5.74) is 1.16. The van der Waals surface area contributed by atoms with Crippen molar-refractivity contribution in [3.63, 3.8) is 0 Å². The van der Waals surface area contributed by atoms with E-state index in [4.69, 9.17) is 18.9 Å². The van der Waals surface area contributed by atoms with Crippen molar-refractivity contribution in [2.75, 3.05) is 31.3 Å². The minimum absolute atomic E-state index is 0.0632. The summed E-state index contributed by atoms with van der Waals surface area (Å²) in [6, 6.07) is 8.16. The lowest BCUT2D eigenvalue weighted by molar-refractivity contribution is -0.165. The van der Waals surface area contributed by atoms with E-state index in [0.29, 0.717) is 6.10 Å². The molecule has 0 saturated carbocycles. The molecule has 1 aromatic rings. The van der Waals surface area contributed by atoms with E-state index in [1.54, 1.807) is 0 Å². The van der Waals surface area contributed by atoms with Crippen LogP contribution in [0, 0.1) is 0 Å². The summed E-state index contributed by atoms with van der Waals surface area (Å²) in [5, 5.41) is 0. The summed E-state index contributed by atoms with van der Waals surface area (Å²) in [5.74, 6) is 0.857. The van der Waals surface area contributed by atoms with Gasteiger partial charge in [0.15, 0.2) is 0 Å². The fourth-order valence-corrected chi connectivity index (χ4v) is 2.43. The topological polar surface area (TPSA) is 43.5 Å². The van der Waals surface area contributed by atoms with Crippen LogP contribution in [0.2, 0.25) is 0 Å². The zero-order valence-corrected chi connectivity index (χ0v) is 11.4. The summed E-state index contributed by atoms with van der Waals surface area (Å²) >= 11 is 0. The van der Waals surface area contributed by atoms with Crippen molar-refractivity contribution < 1.29 is 18.9 Å². The van der Waals surface area contributed by atoms with Crippen molar-refractivity contribution >= 4 is 5.69 Å². The molecule has 0 aliphatic carbocycles. The average Bonchev–Trinajstić information content (AvgIpc) is 3.16. The van der Waals surface area contributed by atoms with Crippen molar-refractivity contribution in [2.24, 2.45) is 0 Å². The fraction of sp³-hybridized carbons (Fsp3) is 0.600. The lowest BCUT2D eigenvalue weighted by Gasteiger charge is -2.38. The van der Waals surface area contributed by atoms with Gasteiger partial charge in [-0.05, 0) is 24.3 Å². The minimum Gasteiger partial charge on any atom is -0.465 e. The second-order valence-corrected chi connectivity index (χ2v) is 5.42. The Morgan fingerprint density at radius 3 is 2.25 bits per heavy atom. The molecule has 3 saturated heterocycles. The Hall–Kier alpha value is -1.30. The Labute approximate surface area is 118 Å². The summed E-state index contributed by atoms with van der Waals surface area (Å²) < 4.78 is 21.9. The van der Waals surface area contributed by atoms with E-state index < -0.39 is 0 Å². The molecule has 20 heavy (non-hydrogen) atoms. The standard InChI is InChI=1S/C15H19NO4/c1-3-12(20-15-6-8-18-15)4-2-11(1)16(9-13-10-19-13)14-5-7-17-14/h1-4,13-15H,5-10H2. The van der Waals surface area contributed by atoms with Crippen LogP contribution < -0.4 is 9.64 Å². The predicted octanol–water partition coefficient (Wildman–Crippen LogP) is 1.76. The van der Waals surface area contributed by atoms with E-state index in [-0.39, 0.29) is 12.5 Å². The first kappa shape index (κ1) is 12.4. The number of anilines is 1. The van der Waals surface area contributed by atoms with Gasteiger partial charge in [0, 0.05) is 25.1 Å². The molecular formula is C15H19NO4. The van der Waals surface area contributed by atoms with Gasteiger partial charge in [0.1, 0.15) is 12.0 Å². The number of epoxide rings is 1. The van der Waals surface area contributed by atoms with Gasteiger partial charge in [-0.1, -0.05) is 0 Å². The van der Waals surface area contributed by atoms with Crippen molar-refractivity contribution in [3.8, 4) is 5.75 Å². The molecule has 0 spiro atoms. The quantitative estimate of drug-likeness (QED) is 0.741. The molecule has 3 aliphatic heterocycles. The highest BCUT2D eigenvalue weighted by Crippen LogP contribution is 2.29. The molecule has 5 nitrogen and oxygen atoms in total. The first-order valence-electron chi connectivity index (χ1n) is 7.27. The number of benzene rings is 1. The van der Waals surface area contributed by atoms with E-state index >= 15 is 0 Å². The second-order valence-electron chi connectivity index (χ2n) is 5.42.